The summed E-state index contributed by atoms with van der Waals surface area (Å²) >= 11 is 1.23. The molecule has 0 saturated carbocycles. The molecular weight excluding hydrogens is 474 g/mol. The second kappa shape index (κ2) is 12.4. The lowest BCUT2D eigenvalue weighted by atomic mass is 10.2. The van der Waals surface area contributed by atoms with Crippen molar-refractivity contribution < 1.29 is 28.9 Å². The van der Waals surface area contributed by atoms with Crippen molar-refractivity contribution in [2.45, 2.75) is 18.6 Å². The Labute approximate surface area is 206 Å². The molecule has 1 heterocycles. The van der Waals surface area contributed by atoms with E-state index < -0.39 is 12.6 Å². The molecule has 12 heteroatoms. The maximum Gasteiger partial charge on any atom is 0.341 e. The molecule has 1 amide bonds. The zero-order chi connectivity index (χ0) is 25.2. The van der Waals surface area contributed by atoms with Crippen molar-refractivity contribution in [3.05, 3.63) is 48.0 Å². The second-order valence-electron chi connectivity index (χ2n) is 6.92. The number of amides is 1. The smallest absolute Gasteiger partial charge is 0.341 e. The van der Waals surface area contributed by atoms with Gasteiger partial charge in [-0.25, -0.2) is 10.2 Å². The SMILES string of the molecule is CCn1c(SCC(=O)N/N=C\c2ccccc2OCC(=O)O)nnc1-c1ccc(OC)c(OC)c1. The number of thioether (sulfide) groups is 1. The van der Waals surface area contributed by atoms with Crippen molar-refractivity contribution in [3.8, 4) is 28.6 Å². The molecule has 0 aliphatic rings. The summed E-state index contributed by atoms with van der Waals surface area (Å²) in [6.07, 6.45) is 1.39. The van der Waals surface area contributed by atoms with Gasteiger partial charge >= 0.3 is 5.97 Å². The topological polar surface area (TPSA) is 137 Å². The van der Waals surface area contributed by atoms with Crippen LogP contribution in [0.5, 0.6) is 17.2 Å². The van der Waals surface area contributed by atoms with Crippen LogP contribution in [0.1, 0.15) is 12.5 Å². The lowest BCUT2D eigenvalue weighted by Crippen LogP contribution is -2.20. The van der Waals surface area contributed by atoms with Crippen LogP contribution in [-0.4, -0.2) is 64.5 Å². The predicted octanol–water partition coefficient (Wildman–Crippen LogP) is 2.69. The van der Waals surface area contributed by atoms with Gasteiger partial charge in [0.25, 0.3) is 5.91 Å². The summed E-state index contributed by atoms with van der Waals surface area (Å²) in [6, 6.07) is 12.3. The lowest BCUT2D eigenvalue weighted by molar-refractivity contribution is -0.139. The van der Waals surface area contributed by atoms with Crippen LogP contribution >= 0.6 is 11.8 Å². The molecule has 0 bridgehead atoms. The summed E-state index contributed by atoms with van der Waals surface area (Å²) in [4.78, 5) is 23.0. The fourth-order valence-corrected chi connectivity index (χ4v) is 3.86. The van der Waals surface area contributed by atoms with Crippen LogP contribution in [0.25, 0.3) is 11.4 Å². The number of aliphatic carboxylic acids is 1. The molecule has 0 aliphatic heterocycles. The van der Waals surface area contributed by atoms with Crippen molar-refractivity contribution in [1.82, 2.24) is 20.2 Å². The highest BCUT2D eigenvalue weighted by atomic mass is 32.2. The molecule has 3 aromatic rings. The molecule has 2 N–H and O–H groups in total. The number of carbonyl (C=O) groups is 2. The number of rotatable bonds is 12. The first kappa shape index (κ1) is 25.6. The third-order valence-corrected chi connectivity index (χ3v) is 5.64. The van der Waals surface area contributed by atoms with Crippen molar-refractivity contribution in [2.75, 3.05) is 26.6 Å². The van der Waals surface area contributed by atoms with Crippen molar-refractivity contribution in [2.24, 2.45) is 5.10 Å². The minimum absolute atomic E-state index is 0.0680. The number of aromatic nitrogens is 3. The zero-order valence-electron chi connectivity index (χ0n) is 19.4. The first-order valence-electron chi connectivity index (χ1n) is 10.5. The van der Waals surface area contributed by atoms with E-state index in [9.17, 15) is 9.59 Å². The van der Waals surface area contributed by atoms with E-state index in [2.05, 4.69) is 20.7 Å². The highest BCUT2D eigenvalue weighted by molar-refractivity contribution is 7.99. The molecule has 0 fully saturated rings. The number of nitrogens with one attached hydrogen (secondary N) is 1. The Kier molecular flexibility index (Phi) is 9.07. The van der Waals surface area contributed by atoms with Gasteiger partial charge in [-0.3, -0.25) is 4.79 Å². The van der Waals surface area contributed by atoms with E-state index >= 15 is 0 Å². The molecular formula is C23H25N5O6S. The quantitative estimate of drug-likeness (QED) is 0.219. The van der Waals surface area contributed by atoms with Gasteiger partial charge in [-0.15, -0.1) is 10.2 Å². The number of benzene rings is 2. The number of hydrogen-bond donors (Lipinski definition) is 2. The van der Waals surface area contributed by atoms with Gasteiger partial charge in [0.05, 0.1) is 26.2 Å². The summed E-state index contributed by atoms with van der Waals surface area (Å²) in [5, 5.41) is 21.8. The molecule has 35 heavy (non-hydrogen) atoms. The third kappa shape index (κ3) is 6.73. The van der Waals surface area contributed by atoms with Gasteiger partial charge in [0, 0.05) is 17.7 Å². The molecule has 0 spiro atoms. The number of carboxylic acids is 1. The summed E-state index contributed by atoms with van der Waals surface area (Å²) in [5.41, 5.74) is 3.79. The number of para-hydroxylation sites is 1. The van der Waals surface area contributed by atoms with Crippen LogP contribution < -0.4 is 19.6 Å². The summed E-state index contributed by atoms with van der Waals surface area (Å²) in [7, 11) is 3.14. The fraction of sp³-hybridized carbons (Fsp3) is 0.261. The highest BCUT2D eigenvalue weighted by Gasteiger charge is 2.16. The number of carboxylic acid groups (broad SMARTS) is 1. The number of hydrogen-bond acceptors (Lipinski definition) is 9. The Bertz CT molecular complexity index is 1210. The van der Waals surface area contributed by atoms with Crippen molar-refractivity contribution in [1.29, 1.82) is 0 Å². The van der Waals surface area contributed by atoms with Crippen LogP contribution in [0.4, 0.5) is 0 Å². The minimum atomic E-state index is -1.09. The average Bonchev–Trinajstić information content (AvgIpc) is 3.29. The van der Waals surface area contributed by atoms with E-state index in [1.54, 1.807) is 44.6 Å². The number of methoxy groups -OCH3 is 2. The fourth-order valence-electron chi connectivity index (χ4n) is 3.06. The molecule has 1 aromatic heterocycles. The number of hydrazone groups is 1. The third-order valence-electron chi connectivity index (χ3n) is 4.67. The summed E-state index contributed by atoms with van der Waals surface area (Å²) < 4.78 is 17.8. The highest BCUT2D eigenvalue weighted by Crippen LogP contribution is 2.32. The maximum atomic E-state index is 12.3. The Morgan fingerprint density at radius 1 is 1.11 bits per heavy atom. The minimum Gasteiger partial charge on any atom is -0.493 e. The Balaban J connectivity index is 1.62. The van der Waals surface area contributed by atoms with Crippen molar-refractivity contribution in [3.63, 3.8) is 0 Å². The first-order chi connectivity index (χ1) is 17.0. The Morgan fingerprint density at radius 2 is 1.89 bits per heavy atom. The van der Waals surface area contributed by atoms with E-state index in [1.165, 1.54) is 18.0 Å². The Morgan fingerprint density at radius 3 is 2.60 bits per heavy atom. The standard InChI is InChI=1S/C23H25N5O6S/c1-4-28-22(15-9-10-18(32-2)19(11-15)33-3)26-27-23(28)35-14-20(29)25-24-12-16-7-5-6-8-17(16)34-13-21(30)31/h5-12H,4,13-14H2,1-3H3,(H,25,29)(H,30,31)/b24-12-. The van der Waals surface area contributed by atoms with E-state index in [-0.39, 0.29) is 11.7 Å². The molecule has 0 saturated heterocycles. The summed E-state index contributed by atoms with van der Waals surface area (Å²) in [6.45, 7) is 2.09. The second-order valence-corrected chi connectivity index (χ2v) is 7.86. The Hall–Kier alpha value is -4.06. The molecule has 0 radical (unpaired) electrons. The van der Waals surface area contributed by atoms with Gasteiger partial charge in [-0.1, -0.05) is 23.9 Å². The van der Waals surface area contributed by atoms with E-state index in [0.717, 1.165) is 5.56 Å². The molecule has 0 aliphatic carbocycles. The largest absolute Gasteiger partial charge is 0.493 e. The molecule has 0 unspecified atom stereocenters. The predicted molar refractivity (Wildman–Crippen MR) is 130 cm³/mol. The van der Waals surface area contributed by atoms with Gasteiger partial charge in [-0.05, 0) is 37.3 Å². The van der Waals surface area contributed by atoms with Gasteiger partial charge in [0.1, 0.15) is 5.75 Å². The van der Waals surface area contributed by atoms with Gasteiger partial charge < -0.3 is 23.9 Å². The van der Waals surface area contributed by atoms with Gasteiger partial charge in [0.15, 0.2) is 29.1 Å². The maximum absolute atomic E-state index is 12.3. The average molecular weight is 500 g/mol. The molecule has 2 aromatic carbocycles. The molecule has 3 rings (SSSR count). The normalized spacial score (nSPS) is 10.8. The summed E-state index contributed by atoms with van der Waals surface area (Å²) in [5.74, 6) is 0.829. The number of nitrogens with zero attached hydrogens (tertiary/aromatic N) is 4. The van der Waals surface area contributed by atoms with E-state index in [0.29, 0.717) is 40.3 Å². The lowest BCUT2D eigenvalue weighted by Gasteiger charge is -2.10. The molecule has 0 atom stereocenters. The van der Waals surface area contributed by atoms with E-state index in [4.69, 9.17) is 19.3 Å². The van der Waals surface area contributed by atoms with Crippen LogP contribution in [-0.2, 0) is 16.1 Å². The number of ether oxygens (including phenoxy) is 3. The number of carbonyl (C=O) groups excluding carboxylic acids is 1. The zero-order valence-corrected chi connectivity index (χ0v) is 20.2. The monoisotopic (exact) mass is 499 g/mol. The molecule has 184 valence electrons. The first-order valence-corrected chi connectivity index (χ1v) is 11.5. The van der Waals surface area contributed by atoms with Crippen LogP contribution in [0.15, 0.2) is 52.7 Å². The molecule has 11 nitrogen and oxygen atoms in total. The van der Waals surface area contributed by atoms with Gasteiger partial charge in [-0.2, -0.15) is 5.10 Å². The van der Waals surface area contributed by atoms with Crippen molar-refractivity contribution >= 4 is 29.9 Å². The van der Waals surface area contributed by atoms with Crippen LogP contribution in [0.2, 0.25) is 0 Å². The van der Waals surface area contributed by atoms with E-state index in [1.807, 2.05) is 23.6 Å². The van der Waals surface area contributed by atoms with Crippen LogP contribution in [0.3, 0.4) is 0 Å². The van der Waals surface area contributed by atoms with Gasteiger partial charge in [0.2, 0.25) is 0 Å². The van der Waals surface area contributed by atoms with Crippen LogP contribution in [0, 0.1) is 0 Å².